The van der Waals surface area contributed by atoms with Crippen molar-refractivity contribution in [2.75, 3.05) is 6.61 Å². The smallest absolute Gasteiger partial charge is 0.277 e. The van der Waals surface area contributed by atoms with Crippen molar-refractivity contribution in [2.24, 2.45) is 5.10 Å². The van der Waals surface area contributed by atoms with Gasteiger partial charge in [0.2, 0.25) is 0 Å². The molecule has 0 spiro atoms. The second-order valence-electron chi connectivity index (χ2n) is 5.24. The van der Waals surface area contributed by atoms with E-state index in [-0.39, 0.29) is 12.3 Å². The van der Waals surface area contributed by atoms with Gasteiger partial charge in [0.25, 0.3) is 11.6 Å². The number of hydrogen-bond acceptors (Lipinski definition) is 5. The fraction of sp³-hybridized carbons (Fsp3) is 0.176. The number of hydrogen-bond donors (Lipinski definition) is 1. The Morgan fingerprint density at radius 2 is 2.08 bits per heavy atom. The van der Waals surface area contributed by atoms with Crippen molar-refractivity contribution in [1.82, 2.24) is 5.43 Å². The molecule has 130 valence electrons. The summed E-state index contributed by atoms with van der Waals surface area (Å²) in [5.41, 5.74) is 4.12. The topological polar surface area (TPSA) is 93.8 Å². The molecule has 0 atom stereocenters. The van der Waals surface area contributed by atoms with Crippen LogP contribution in [0.5, 0.6) is 5.75 Å². The summed E-state index contributed by atoms with van der Waals surface area (Å²) in [4.78, 5) is 22.1. The number of ether oxygens (including phenoxy) is 1. The van der Waals surface area contributed by atoms with Crippen LogP contribution in [0.4, 0.5) is 5.69 Å². The van der Waals surface area contributed by atoms with Crippen LogP contribution in [-0.4, -0.2) is 23.1 Å². The average Bonchev–Trinajstić information content (AvgIpc) is 2.59. The van der Waals surface area contributed by atoms with Gasteiger partial charge in [-0.2, -0.15) is 5.10 Å². The molecular weight excluding hydrogens is 346 g/mol. The predicted molar refractivity (Wildman–Crippen MR) is 95.1 cm³/mol. The van der Waals surface area contributed by atoms with E-state index in [0.29, 0.717) is 22.0 Å². The lowest BCUT2D eigenvalue weighted by molar-refractivity contribution is -0.384. The van der Waals surface area contributed by atoms with Crippen LogP contribution in [0.1, 0.15) is 18.1 Å². The molecular formula is C17H16ClN3O4. The second-order valence-corrected chi connectivity index (χ2v) is 5.67. The second kappa shape index (κ2) is 8.25. The highest BCUT2D eigenvalue weighted by molar-refractivity contribution is 6.30. The Morgan fingerprint density at radius 1 is 1.32 bits per heavy atom. The van der Waals surface area contributed by atoms with Crippen LogP contribution in [0.2, 0.25) is 5.02 Å². The molecule has 8 heteroatoms. The number of amides is 1. The monoisotopic (exact) mass is 361 g/mol. The number of hydrazone groups is 1. The minimum atomic E-state index is -0.488. The van der Waals surface area contributed by atoms with Gasteiger partial charge in [0.05, 0.1) is 10.6 Å². The third-order valence-electron chi connectivity index (χ3n) is 3.32. The maximum atomic E-state index is 11.8. The van der Waals surface area contributed by atoms with Crippen LogP contribution in [0.15, 0.2) is 47.6 Å². The highest BCUT2D eigenvalue weighted by Crippen LogP contribution is 2.21. The summed E-state index contributed by atoms with van der Waals surface area (Å²) in [7, 11) is 0. The lowest BCUT2D eigenvalue weighted by atomic mass is 10.1. The summed E-state index contributed by atoms with van der Waals surface area (Å²) >= 11 is 5.86. The Bertz CT molecular complexity index is 836. The summed E-state index contributed by atoms with van der Waals surface area (Å²) in [6.07, 6.45) is 0. The van der Waals surface area contributed by atoms with Crippen molar-refractivity contribution < 1.29 is 14.5 Å². The fourth-order valence-electron chi connectivity index (χ4n) is 2.01. The zero-order valence-electron chi connectivity index (χ0n) is 13.7. The average molecular weight is 362 g/mol. The molecule has 0 bridgehead atoms. The molecule has 0 heterocycles. The Kier molecular flexibility index (Phi) is 6.08. The standard InChI is InChI=1S/C17H16ClN3O4/c1-11-8-14(18)6-7-16(11)25-10-17(22)20-19-12(2)13-4-3-5-15(9-13)21(23)24/h3-9H,10H2,1-2H3,(H,20,22). The number of carbonyl (C=O) groups is 1. The van der Waals surface area contributed by atoms with Crippen molar-refractivity contribution in [3.05, 3.63) is 68.7 Å². The van der Waals surface area contributed by atoms with E-state index in [4.69, 9.17) is 16.3 Å². The summed E-state index contributed by atoms with van der Waals surface area (Å²) in [6.45, 7) is 3.25. The SMILES string of the molecule is CC(=NNC(=O)COc1ccc(Cl)cc1C)c1cccc([N+](=O)[O-])c1. The van der Waals surface area contributed by atoms with Crippen LogP contribution in [0.25, 0.3) is 0 Å². The molecule has 0 radical (unpaired) electrons. The number of halogens is 1. The van der Waals surface area contributed by atoms with E-state index in [2.05, 4.69) is 10.5 Å². The quantitative estimate of drug-likeness (QED) is 0.484. The van der Waals surface area contributed by atoms with Crippen LogP contribution in [0, 0.1) is 17.0 Å². The first-order chi connectivity index (χ1) is 11.9. The van der Waals surface area contributed by atoms with E-state index in [1.807, 2.05) is 6.92 Å². The van der Waals surface area contributed by atoms with E-state index in [9.17, 15) is 14.9 Å². The number of nitrogens with zero attached hydrogens (tertiary/aromatic N) is 2. The van der Waals surface area contributed by atoms with Gasteiger partial charge in [-0.3, -0.25) is 14.9 Å². The molecule has 2 aromatic carbocycles. The van der Waals surface area contributed by atoms with Crippen molar-refractivity contribution >= 4 is 28.9 Å². The molecule has 0 aliphatic carbocycles. The first-order valence-electron chi connectivity index (χ1n) is 7.33. The number of nitro benzene ring substituents is 1. The maximum Gasteiger partial charge on any atom is 0.277 e. The van der Waals surface area contributed by atoms with Gasteiger partial charge in [-0.25, -0.2) is 5.43 Å². The lowest BCUT2D eigenvalue weighted by Gasteiger charge is -2.08. The third kappa shape index (κ3) is 5.29. The van der Waals surface area contributed by atoms with Gasteiger partial charge in [-0.15, -0.1) is 0 Å². The van der Waals surface area contributed by atoms with Gasteiger partial charge in [-0.05, 0) is 37.6 Å². The molecule has 0 aliphatic rings. The number of rotatable bonds is 6. The molecule has 0 unspecified atom stereocenters. The van der Waals surface area contributed by atoms with E-state index in [0.717, 1.165) is 5.56 Å². The predicted octanol–water partition coefficient (Wildman–Crippen LogP) is 3.48. The largest absolute Gasteiger partial charge is 0.483 e. The molecule has 0 aromatic heterocycles. The maximum absolute atomic E-state index is 11.8. The summed E-state index contributed by atoms with van der Waals surface area (Å²) in [5, 5.41) is 15.3. The molecule has 2 aromatic rings. The van der Waals surface area contributed by atoms with Crippen molar-refractivity contribution in [1.29, 1.82) is 0 Å². The molecule has 1 amide bonds. The van der Waals surface area contributed by atoms with Crippen LogP contribution in [0.3, 0.4) is 0 Å². The number of nitro groups is 1. The number of carbonyl (C=O) groups excluding carboxylic acids is 1. The zero-order chi connectivity index (χ0) is 18.4. The molecule has 0 saturated carbocycles. The molecule has 2 rings (SSSR count). The van der Waals surface area contributed by atoms with Gasteiger partial charge in [0.15, 0.2) is 6.61 Å². The molecule has 7 nitrogen and oxygen atoms in total. The number of non-ortho nitro benzene ring substituents is 1. The summed E-state index contributed by atoms with van der Waals surface area (Å²) in [6, 6.07) is 11.1. The van der Waals surface area contributed by atoms with Crippen LogP contribution >= 0.6 is 11.6 Å². The van der Waals surface area contributed by atoms with Gasteiger partial charge in [0, 0.05) is 22.7 Å². The first-order valence-corrected chi connectivity index (χ1v) is 7.71. The zero-order valence-corrected chi connectivity index (χ0v) is 14.4. The molecule has 25 heavy (non-hydrogen) atoms. The highest BCUT2D eigenvalue weighted by atomic mass is 35.5. The summed E-state index contributed by atoms with van der Waals surface area (Å²) in [5.74, 6) is 0.109. The first kappa shape index (κ1) is 18.4. The highest BCUT2D eigenvalue weighted by Gasteiger charge is 2.08. The van der Waals surface area contributed by atoms with Crippen molar-refractivity contribution in [3.8, 4) is 5.75 Å². The fourth-order valence-corrected chi connectivity index (χ4v) is 2.23. The van der Waals surface area contributed by atoms with Gasteiger partial charge >= 0.3 is 0 Å². The van der Waals surface area contributed by atoms with Crippen LogP contribution in [-0.2, 0) is 4.79 Å². The number of aryl methyl sites for hydroxylation is 1. The van der Waals surface area contributed by atoms with Gasteiger partial charge in [-0.1, -0.05) is 23.7 Å². The van der Waals surface area contributed by atoms with Gasteiger partial charge < -0.3 is 4.74 Å². The minimum absolute atomic E-state index is 0.0417. The van der Waals surface area contributed by atoms with Crippen LogP contribution < -0.4 is 10.2 Å². The minimum Gasteiger partial charge on any atom is -0.483 e. The Morgan fingerprint density at radius 3 is 2.76 bits per heavy atom. The van der Waals surface area contributed by atoms with E-state index in [1.165, 1.54) is 12.1 Å². The summed E-state index contributed by atoms with van der Waals surface area (Å²) < 4.78 is 5.41. The van der Waals surface area contributed by atoms with Gasteiger partial charge in [0.1, 0.15) is 5.75 Å². The molecule has 0 saturated heterocycles. The van der Waals surface area contributed by atoms with E-state index < -0.39 is 10.8 Å². The van der Waals surface area contributed by atoms with E-state index in [1.54, 1.807) is 37.3 Å². The Hall–Kier alpha value is -2.93. The molecule has 0 aliphatic heterocycles. The van der Waals surface area contributed by atoms with Crippen molar-refractivity contribution in [2.45, 2.75) is 13.8 Å². The van der Waals surface area contributed by atoms with E-state index >= 15 is 0 Å². The third-order valence-corrected chi connectivity index (χ3v) is 3.55. The lowest BCUT2D eigenvalue weighted by Crippen LogP contribution is -2.25. The van der Waals surface area contributed by atoms with Crippen molar-refractivity contribution in [3.63, 3.8) is 0 Å². The Labute approximate surface area is 149 Å². The molecule has 0 fully saturated rings. The normalized spacial score (nSPS) is 11.1. The molecule has 1 N–H and O–H groups in total. The number of benzene rings is 2. The Balaban J connectivity index is 1.95. The number of nitrogens with one attached hydrogen (secondary N) is 1.